The molecule has 116 valence electrons. The van der Waals surface area contributed by atoms with Crippen molar-refractivity contribution in [1.82, 2.24) is 5.32 Å². The maximum atomic E-state index is 12.8. The Kier molecular flexibility index (Phi) is 5.75. The standard InChI is InChI=1S/C14H16F3NO3/c1-2-3-8-11(13(20)21)18-12(19)9-6-4-5-7-10(9)14(15,16)17/h4-7,11H,2-3,8H2,1H3,(H,18,19)(H,20,21). The summed E-state index contributed by atoms with van der Waals surface area (Å²) in [6, 6.07) is 3.09. The Morgan fingerprint density at radius 3 is 2.43 bits per heavy atom. The quantitative estimate of drug-likeness (QED) is 0.848. The van der Waals surface area contributed by atoms with Crippen molar-refractivity contribution in [1.29, 1.82) is 0 Å². The molecular weight excluding hydrogens is 287 g/mol. The number of halogens is 3. The van der Waals surface area contributed by atoms with Gasteiger partial charge in [0.05, 0.1) is 11.1 Å². The topological polar surface area (TPSA) is 66.4 Å². The highest BCUT2D eigenvalue weighted by Gasteiger charge is 2.35. The summed E-state index contributed by atoms with van der Waals surface area (Å²) in [5, 5.41) is 11.1. The first-order chi connectivity index (χ1) is 9.77. The molecule has 7 heteroatoms. The molecule has 1 atom stereocenters. The molecule has 2 N–H and O–H groups in total. The van der Waals surface area contributed by atoms with Crippen molar-refractivity contribution < 1.29 is 27.9 Å². The smallest absolute Gasteiger partial charge is 0.417 e. The third-order valence-corrected chi connectivity index (χ3v) is 2.93. The van der Waals surface area contributed by atoms with Gasteiger partial charge in [0.15, 0.2) is 0 Å². The molecule has 0 aliphatic heterocycles. The minimum absolute atomic E-state index is 0.172. The second-order valence-corrected chi connectivity index (χ2v) is 4.55. The summed E-state index contributed by atoms with van der Waals surface area (Å²) in [6.07, 6.45) is -3.22. The van der Waals surface area contributed by atoms with Crippen LogP contribution in [0.2, 0.25) is 0 Å². The number of benzene rings is 1. The van der Waals surface area contributed by atoms with Gasteiger partial charge in [-0.05, 0) is 18.6 Å². The predicted molar refractivity (Wildman–Crippen MR) is 69.9 cm³/mol. The van der Waals surface area contributed by atoms with E-state index in [9.17, 15) is 22.8 Å². The third kappa shape index (κ3) is 4.77. The molecule has 1 aromatic rings. The van der Waals surface area contributed by atoms with Crippen molar-refractivity contribution in [3.63, 3.8) is 0 Å². The number of alkyl halides is 3. The van der Waals surface area contributed by atoms with E-state index in [1.165, 1.54) is 12.1 Å². The summed E-state index contributed by atoms with van der Waals surface area (Å²) >= 11 is 0. The number of carboxylic acid groups (broad SMARTS) is 1. The number of carboxylic acids is 1. The van der Waals surface area contributed by atoms with E-state index < -0.39 is 35.2 Å². The van der Waals surface area contributed by atoms with Crippen molar-refractivity contribution in [2.45, 2.75) is 38.4 Å². The predicted octanol–water partition coefficient (Wildman–Crippen LogP) is 3.08. The summed E-state index contributed by atoms with van der Waals surface area (Å²) in [6.45, 7) is 1.85. The summed E-state index contributed by atoms with van der Waals surface area (Å²) in [4.78, 5) is 22.9. The van der Waals surface area contributed by atoms with Gasteiger partial charge in [0.25, 0.3) is 5.91 Å². The Morgan fingerprint density at radius 1 is 1.29 bits per heavy atom. The molecule has 0 saturated carbocycles. The van der Waals surface area contributed by atoms with Crippen molar-refractivity contribution in [3.8, 4) is 0 Å². The van der Waals surface area contributed by atoms with Crippen LogP contribution in [-0.4, -0.2) is 23.0 Å². The lowest BCUT2D eigenvalue weighted by Gasteiger charge is -2.16. The van der Waals surface area contributed by atoms with Gasteiger partial charge in [-0.15, -0.1) is 0 Å². The number of nitrogens with one attached hydrogen (secondary N) is 1. The van der Waals surface area contributed by atoms with Crippen LogP contribution >= 0.6 is 0 Å². The SMILES string of the molecule is CCCCC(NC(=O)c1ccccc1C(F)(F)F)C(=O)O. The van der Waals surface area contributed by atoms with Crippen LogP contribution < -0.4 is 5.32 Å². The Morgan fingerprint density at radius 2 is 1.90 bits per heavy atom. The Balaban J connectivity index is 2.96. The van der Waals surface area contributed by atoms with Crippen LogP contribution in [0, 0.1) is 0 Å². The van der Waals surface area contributed by atoms with E-state index in [-0.39, 0.29) is 6.42 Å². The zero-order valence-electron chi connectivity index (χ0n) is 11.4. The lowest BCUT2D eigenvalue weighted by Crippen LogP contribution is -2.41. The first-order valence-corrected chi connectivity index (χ1v) is 6.47. The second-order valence-electron chi connectivity index (χ2n) is 4.55. The Bertz CT molecular complexity index is 514. The number of aliphatic carboxylic acids is 1. The molecule has 1 unspecified atom stereocenters. The molecule has 0 aliphatic carbocycles. The number of carbonyl (C=O) groups is 2. The van der Waals surface area contributed by atoms with Crippen LogP contribution in [0.4, 0.5) is 13.2 Å². The van der Waals surface area contributed by atoms with Crippen LogP contribution in [0.15, 0.2) is 24.3 Å². The number of hydrogen-bond acceptors (Lipinski definition) is 2. The van der Waals surface area contributed by atoms with Crippen LogP contribution in [0.25, 0.3) is 0 Å². The van der Waals surface area contributed by atoms with Gasteiger partial charge >= 0.3 is 12.1 Å². The summed E-state index contributed by atoms with van der Waals surface area (Å²) < 4.78 is 38.4. The van der Waals surface area contributed by atoms with Crippen LogP contribution in [0.3, 0.4) is 0 Å². The molecular formula is C14H16F3NO3. The average Bonchev–Trinajstić information content (AvgIpc) is 2.42. The third-order valence-electron chi connectivity index (χ3n) is 2.93. The first-order valence-electron chi connectivity index (χ1n) is 6.47. The first kappa shape index (κ1) is 17.0. The van der Waals surface area contributed by atoms with E-state index in [1.807, 2.05) is 6.92 Å². The summed E-state index contributed by atoms with van der Waals surface area (Å²) in [5.74, 6) is -2.30. The number of hydrogen-bond donors (Lipinski definition) is 2. The average molecular weight is 303 g/mol. The van der Waals surface area contributed by atoms with Crippen molar-refractivity contribution in [3.05, 3.63) is 35.4 Å². The van der Waals surface area contributed by atoms with Gasteiger partial charge in [-0.25, -0.2) is 4.79 Å². The number of unbranched alkanes of at least 4 members (excludes halogenated alkanes) is 1. The molecule has 0 aliphatic rings. The molecule has 0 fully saturated rings. The summed E-state index contributed by atoms with van der Waals surface area (Å²) in [5.41, 5.74) is -1.66. The lowest BCUT2D eigenvalue weighted by molar-refractivity contribution is -0.139. The Labute approximate surface area is 120 Å². The lowest BCUT2D eigenvalue weighted by atomic mass is 10.0. The van der Waals surface area contributed by atoms with E-state index in [4.69, 9.17) is 5.11 Å². The largest absolute Gasteiger partial charge is 0.480 e. The fourth-order valence-electron chi connectivity index (χ4n) is 1.83. The van der Waals surface area contributed by atoms with E-state index in [0.29, 0.717) is 6.42 Å². The van der Waals surface area contributed by atoms with Crippen molar-refractivity contribution >= 4 is 11.9 Å². The highest BCUT2D eigenvalue weighted by molar-refractivity contribution is 5.98. The fourth-order valence-corrected chi connectivity index (χ4v) is 1.83. The van der Waals surface area contributed by atoms with Gasteiger partial charge in [0.2, 0.25) is 0 Å². The van der Waals surface area contributed by atoms with Gasteiger partial charge in [0.1, 0.15) is 6.04 Å². The minimum Gasteiger partial charge on any atom is -0.480 e. The van der Waals surface area contributed by atoms with Crippen LogP contribution in [0.5, 0.6) is 0 Å². The van der Waals surface area contributed by atoms with Crippen molar-refractivity contribution in [2.75, 3.05) is 0 Å². The molecule has 0 saturated heterocycles. The number of amides is 1. The van der Waals surface area contributed by atoms with Crippen LogP contribution in [-0.2, 0) is 11.0 Å². The molecule has 0 radical (unpaired) electrons. The zero-order valence-corrected chi connectivity index (χ0v) is 11.4. The molecule has 1 rings (SSSR count). The maximum absolute atomic E-state index is 12.8. The zero-order chi connectivity index (χ0) is 16.0. The van der Waals surface area contributed by atoms with E-state index in [0.717, 1.165) is 18.6 Å². The molecule has 21 heavy (non-hydrogen) atoms. The monoisotopic (exact) mass is 303 g/mol. The molecule has 4 nitrogen and oxygen atoms in total. The highest BCUT2D eigenvalue weighted by atomic mass is 19.4. The molecule has 1 amide bonds. The van der Waals surface area contributed by atoms with E-state index >= 15 is 0 Å². The molecule has 1 aromatic carbocycles. The molecule has 0 aromatic heterocycles. The van der Waals surface area contributed by atoms with E-state index in [2.05, 4.69) is 5.32 Å². The Hall–Kier alpha value is -2.05. The summed E-state index contributed by atoms with van der Waals surface area (Å²) in [7, 11) is 0. The van der Waals surface area contributed by atoms with Gasteiger partial charge < -0.3 is 10.4 Å². The van der Waals surface area contributed by atoms with Gasteiger partial charge in [-0.1, -0.05) is 31.9 Å². The minimum atomic E-state index is -4.67. The normalized spacial score (nSPS) is 12.8. The van der Waals surface area contributed by atoms with Gasteiger partial charge in [-0.2, -0.15) is 13.2 Å². The highest BCUT2D eigenvalue weighted by Crippen LogP contribution is 2.31. The van der Waals surface area contributed by atoms with E-state index in [1.54, 1.807) is 0 Å². The van der Waals surface area contributed by atoms with Gasteiger partial charge in [0, 0.05) is 0 Å². The van der Waals surface area contributed by atoms with Crippen LogP contribution in [0.1, 0.15) is 42.1 Å². The molecule has 0 heterocycles. The van der Waals surface area contributed by atoms with Gasteiger partial charge in [-0.3, -0.25) is 4.79 Å². The number of carbonyl (C=O) groups excluding carboxylic acids is 1. The second kappa shape index (κ2) is 7.10. The maximum Gasteiger partial charge on any atom is 0.417 e. The van der Waals surface area contributed by atoms with Crippen molar-refractivity contribution in [2.24, 2.45) is 0 Å². The fraction of sp³-hybridized carbons (Fsp3) is 0.429. The molecule has 0 spiro atoms. The molecule has 0 bridgehead atoms. The number of rotatable bonds is 6.